The van der Waals surface area contributed by atoms with Crippen LogP contribution in [-0.4, -0.2) is 9.97 Å². The monoisotopic (exact) mass is 846 g/mol. The summed E-state index contributed by atoms with van der Waals surface area (Å²) >= 11 is 0. The summed E-state index contributed by atoms with van der Waals surface area (Å²) in [5, 5.41) is 3.71. The van der Waals surface area contributed by atoms with Crippen molar-refractivity contribution in [2.24, 2.45) is 0 Å². The first-order valence-corrected chi connectivity index (χ1v) is 17.2. The van der Waals surface area contributed by atoms with Crippen LogP contribution in [0.1, 0.15) is 11.1 Å². The van der Waals surface area contributed by atoms with E-state index in [1.54, 1.807) is 6.20 Å². The van der Waals surface area contributed by atoms with Crippen molar-refractivity contribution in [3.05, 3.63) is 193 Å². The number of pyridine rings is 2. The van der Waals surface area contributed by atoms with Gasteiger partial charge in [0.2, 0.25) is 0 Å². The van der Waals surface area contributed by atoms with Gasteiger partial charge in [0.1, 0.15) is 0 Å². The Balaban J connectivity index is 0.000000275. The number of aryl methyl sites for hydroxylation is 1. The van der Waals surface area contributed by atoms with Crippen molar-refractivity contribution in [2.45, 2.75) is 13.8 Å². The Morgan fingerprint density at radius 3 is 1.92 bits per heavy atom. The molecular weight excluding hydrogens is 811 g/mol. The van der Waals surface area contributed by atoms with Gasteiger partial charge in [0.15, 0.2) is 0 Å². The van der Waals surface area contributed by atoms with Gasteiger partial charge in [-0.3, -0.25) is 0 Å². The molecule has 0 fully saturated rings. The van der Waals surface area contributed by atoms with Gasteiger partial charge in [0.05, 0.1) is 0 Å². The summed E-state index contributed by atoms with van der Waals surface area (Å²) in [7, 11) is 0. The Morgan fingerprint density at radius 2 is 1.19 bits per heavy atom. The fourth-order valence-electron chi connectivity index (χ4n) is 6.69. The van der Waals surface area contributed by atoms with Crippen molar-refractivity contribution in [3.63, 3.8) is 0 Å². The summed E-state index contributed by atoms with van der Waals surface area (Å²) in [6.45, 7) is 4.37. The maximum atomic E-state index is 4.86. The van der Waals surface area contributed by atoms with Crippen LogP contribution >= 0.6 is 0 Å². The third-order valence-corrected chi connectivity index (χ3v) is 9.39. The second-order valence-electron chi connectivity index (χ2n) is 12.6. The van der Waals surface area contributed by atoms with E-state index in [4.69, 9.17) is 4.98 Å². The van der Waals surface area contributed by atoms with Crippen LogP contribution in [0.3, 0.4) is 0 Å². The average molecular weight is 846 g/mol. The number of hydrogen-bond donors (Lipinski definition) is 1. The van der Waals surface area contributed by atoms with E-state index < -0.39 is 0 Å². The number of fused-ring (bicyclic) bond motifs is 6. The van der Waals surface area contributed by atoms with E-state index in [1.165, 1.54) is 44.5 Å². The number of rotatable bonds is 4. The molecule has 9 rings (SSSR count). The maximum absolute atomic E-state index is 4.86. The van der Waals surface area contributed by atoms with Crippen molar-refractivity contribution < 1.29 is 20.1 Å². The quantitative estimate of drug-likeness (QED) is 0.179. The van der Waals surface area contributed by atoms with Gasteiger partial charge in [-0.1, -0.05) is 103 Å². The number of para-hydroxylation sites is 1. The van der Waals surface area contributed by atoms with Gasteiger partial charge < -0.3 is 15.3 Å². The first-order valence-electron chi connectivity index (χ1n) is 17.2. The van der Waals surface area contributed by atoms with Crippen LogP contribution in [0.5, 0.6) is 0 Å². The number of hydrogen-bond acceptors (Lipinski definition) is 3. The van der Waals surface area contributed by atoms with Gasteiger partial charge in [0.25, 0.3) is 0 Å². The molecule has 0 aliphatic carbocycles. The van der Waals surface area contributed by atoms with E-state index >= 15 is 0 Å². The Labute approximate surface area is 319 Å². The van der Waals surface area contributed by atoms with Crippen molar-refractivity contribution in [1.29, 1.82) is 0 Å². The zero-order valence-electron chi connectivity index (χ0n) is 28.9. The summed E-state index contributed by atoms with van der Waals surface area (Å²) in [5.74, 6) is 0. The number of nitrogens with one attached hydrogen (secondary N) is 1. The molecule has 4 heteroatoms. The predicted octanol–water partition coefficient (Wildman–Crippen LogP) is 12.4. The fourth-order valence-corrected chi connectivity index (χ4v) is 6.69. The fraction of sp³-hybridized carbons (Fsp3) is 0.0417. The molecule has 0 atom stereocenters. The molecule has 52 heavy (non-hydrogen) atoms. The van der Waals surface area contributed by atoms with Gasteiger partial charge in [-0.15, -0.1) is 59.7 Å². The smallest absolute Gasteiger partial charge is 0.0381 e. The summed E-state index contributed by atoms with van der Waals surface area (Å²) in [5.41, 5.74) is 18.1. The van der Waals surface area contributed by atoms with Crippen LogP contribution in [0.15, 0.2) is 170 Å². The SMILES string of the molecule is Cc1ccccc1-c1ccc(-c2[c-]cc3c(c2)-c2cc(-c4ccccc4)cc(c2C)-c2ccccc2N3)nc1.[Ir].[c-]1ccccc1-c1ccccn1. The third kappa shape index (κ3) is 7.13. The number of nitrogens with zero attached hydrogens (tertiary/aromatic N) is 2. The number of anilines is 2. The van der Waals surface area contributed by atoms with E-state index in [9.17, 15) is 0 Å². The average Bonchev–Trinajstić information content (AvgIpc) is 3.20. The first-order chi connectivity index (χ1) is 25.1. The molecular formula is C48H35IrN3-2. The van der Waals surface area contributed by atoms with Gasteiger partial charge >= 0.3 is 0 Å². The minimum absolute atomic E-state index is 0. The maximum Gasteiger partial charge on any atom is 0.0381 e. The Kier molecular flexibility index (Phi) is 10.3. The molecule has 253 valence electrons. The Bertz CT molecular complexity index is 2410. The van der Waals surface area contributed by atoms with Crippen molar-refractivity contribution in [1.82, 2.24) is 9.97 Å². The van der Waals surface area contributed by atoms with E-state index in [-0.39, 0.29) is 20.1 Å². The normalized spacial score (nSPS) is 10.9. The summed E-state index contributed by atoms with van der Waals surface area (Å²) in [6, 6.07) is 61.1. The van der Waals surface area contributed by atoms with Crippen LogP contribution < -0.4 is 5.32 Å². The zero-order valence-corrected chi connectivity index (χ0v) is 31.3. The van der Waals surface area contributed by atoms with E-state index in [0.29, 0.717) is 0 Å². The van der Waals surface area contributed by atoms with Crippen LogP contribution in [0.4, 0.5) is 11.4 Å². The van der Waals surface area contributed by atoms with Crippen molar-refractivity contribution >= 4 is 11.4 Å². The molecule has 2 aromatic heterocycles. The van der Waals surface area contributed by atoms with Gasteiger partial charge in [-0.25, -0.2) is 0 Å². The van der Waals surface area contributed by atoms with Crippen LogP contribution in [-0.2, 0) is 20.1 Å². The molecule has 6 aromatic carbocycles. The van der Waals surface area contributed by atoms with E-state index in [0.717, 1.165) is 45.0 Å². The van der Waals surface area contributed by atoms with E-state index in [2.05, 4.69) is 152 Å². The van der Waals surface area contributed by atoms with Crippen molar-refractivity contribution in [2.75, 3.05) is 5.32 Å². The molecule has 1 radical (unpaired) electrons. The summed E-state index contributed by atoms with van der Waals surface area (Å²) in [6.07, 6.45) is 3.76. The minimum atomic E-state index is 0. The second kappa shape index (κ2) is 15.5. The van der Waals surface area contributed by atoms with E-state index in [1.807, 2.05) is 48.7 Å². The molecule has 2 bridgehead atoms. The third-order valence-electron chi connectivity index (χ3n) is 9.39. The van der Waals surface area contributed by atoms with Gasteiger partial charge in [-0.2, -0.15) is 0 Å². The molecule has 0 saturated carbocycles. The van der Waals surface area contributed by atoms with Gasteiger partial charge in [-0.05, 0) is 99.7 Å². The predicted molar refractivity (Wildman–Crippen MR) is 212 cm³/mol. The first kappa shape index (κ1) is 34.5. The number of benzene rings is 6. The standard InChI is InChI=1S/C37H27N2.C11H8N.Ir/c1-24-10-6-7-13-30(24)28-17-18-35(38-23-28)27-16-19-37-34(20-27)33-22-29(26-11-4-3-5-12-26)21-32(25(33)2)31-14-8-9-15-36(31)39-37;1-2-6-10(7-3-1)11-8-4-5-9-12-11;/h3-15,17-23,39H,1-2H3;1-6,8-9H;/q2*-1;. The Morgan fingerprint density at radius 1 is 0.481 bits per heavy atom. The molecule has 1 N–H and O–H groups in total. The topological polar surface area (TPSA) is 37.8 Å². The van der Waals surface area contributed by atoms with Crippen molar-refractivity contribution in [3.8, 4) is 67.0 Å². The molecule has 3 heterocycles. The molecule has 0 unspecified atom stereocenters. The summed E-state index contributed by atoms with van der Waals surface area (Å²) in [4.78, 5) is 9.08. The molecule has 1 aliphatic heterocycles. The zero-order chi connectivity index (χ0) is 34.6. The molecule has 0 amide bonds. The molecule has 3 nitrogen and oxygen atoms in total. The molecule has 0 saturated heterocycles. The molecule has 1 aliphatic rings. The van der Waals surface area contributed by atoms with Crippen LogP contribution in [0.2, 0.25) is 0 Å². The Hall–Kier alpha value is -5.93. The molecule has 8 aromatic rings. The van der Waals surface area contributed by atoms with Crippen LogP contribution in [0.25, 0.3) is 67.0 Å². The van der Waals surface area contributed by atoms with Crippen LogP contribution in [0, 0.1) is 26.0 Å². The summed E-state index contributed by atoms with van der Waals surface area (Å²) < 4.78 is 0. The second-order valence-corrected chi connectivity index (χ2v) is 12.6. The molecule has 0 spiro atoms. The number of aromatic nitrogens is 2. The minimum Gasteiger partial charge on any atom is -0.394 e. The van der Waals surface area contributed by atoms with Gasteiger partial charge in [0, 0.05) is 43.7 Å². The largest absolute Gasteiger partial charge is 0.394 e.